The Morgan fingerprint density at radius 1 is 1.11 bits per heavy atom. The molecule has 9 heteroatoms. The second-order valence-corrected chi connectivity index (χ2v) is 7.96. The molecule has 1 aromatic heterocycles. The molecule has 144 valence electrons. The number of rotatable bonds is 3. The van der Waals surface area contributed by atoms with Crippen LogP contribution in [0.15, 0.2) is 23.0 Å². The summed E-state index contributed by atoms with van der Waals surface area (Å²) in [6.07, 6.45) is 2.64. The lowest BCUT2D eigenvalue weighted by atomic mass is 9.90. The number of fused-ring (bicyclic) bond motifs is 1. The normalized spacial score (nSPS) is 22.4. The zero-order chi connectivity index (χ0) is 19.1. The van der Waals surface area contributed by atoms with E-state index in [1.165, 1.54) is 22.3 Å². The predicted octanol–water partition coefficient (Wildman–Crippen LogP) is 1.02. The van der Waals surface area contributed by atoms with Crippen LogP contribution in [0.5, 0.6) is 0 Å². The number of nitrogens with two attached hydrogens (primary N) is 1. The van der Waals surface area contributed by atoms with E-state index in [9.17, 15) is 14.4 Å². The number of hydrogen-bond acceptors (Lipinski definition) is 6. The minimum absolute atomic E-state index is 0.231. The molecule has 2 saturated heterocycles. The zero-order valence-corrected chi connectivity index (χ0v) is 16.0. The number of hydrogen-bond donors (Lipinski definition) is 2. The molecule has 0 bridgehead atoms. The first-order valence-corrected chi connectivity index (χ1v) is 9.99. The van der Waals surface area contributed by atoms with Crippen LogP contribution in [-0.2, 0) is 16.6 Å². The number of imidazole rings is 1. The molecule has 2 aliphatic heterocycles. The maximum absolute atomic E-state index is 12.8. The van der Waals surface area contributed by atoms with E-state index in [1.54, 1.807) is 11.6 Å². The second-order valence-electron chi connectivity index (χ2n) is 7.24. The number of carbonyl (C=O) groups excluding carboxylic acids is 2. The van der Waals surface area contributed by atoms with Gasteiger partial charge in [-0.2, -0.15) is 0 Å². The molecule has 1 unspecified atom stereocenters. The van der Waals surface area contributed by atoms with Crippen molar-refractivity contribution in [2.24, 2.45) is 12.2 Å². The largest absolute Gasteiger partial charge is 0.329 e. The highest BCUT2D eigenvalue weighted by Crippen LogP contribution is 2.32. The third-order valence-electron chi connectivity index (χ3n) is 5.71. The molecule has 0 radical (unpaired) electrons. The van der Waals surface area contributed by atoms with Gasteiger partial charge in [0.05, 0.1) is 11.0 Å². The lowest BCUT2D eigenvalue weighted by Gasteiger charge is -2.29. The molecule has 0 aliphatic carbocycles. The van der Waals surface area contributed by atoms with Crippen LogP contribution < -0.4 is 16.1 Å². The third kappa shape index (κ3) is 3.19. The van der Waals surface area contributed by atoms with Gasteiger partial charge >= 0.3 is 5.69 Å². The lowest BCUT2D eigenvalue weighted by molar-refractivity contribution is -0.135. The van der Waals surface area contributed by atoms with Gasteiger partial charge in [-0.3, -0.25) is 29.2 Å². The Balaban J connectivity index is 1.70. The topological polar surface area (TPSA) is 102 Å². The van der Waals surface area contributed by atoms with E-state index >= 15 is 0 Å². The number of amides is 2. The second kappa shape index (κ2) is 7.14. The highest BCUT2D eigenvalue weighted by atomic mass is 32.2. The van der Waals surface area contributed by atoms with E-state index in [0.717, 1.165) is 37.0 Å². The smallest absolute Gasteiger partial charge is 0.295 e. The van der Waals surface area contributed by atoms with Crippen molar-refractivity contribution < 1.29 is 9.59 Å². The molecule has 0 spiro atoms. The monoisotopic (exact) mass is 389 g/mol. The third-order valence-corrected chi connectivity index (χ3v) is 6.37. The van der Waals surface area contributed by atoms with E-state index in [2.05, 4.69) is 21.8 Å². The van der Waals surface area contributed by atoms with Gasteiger partial charge in [0.2, 0.25) is 11.8 Å². The van der Waals surface area contributed by atoms with Gasteiger partial charge in [0.25, 0.3) is 0 Å². The van der Waals surface area contributed by atoms with E-state index in [4.69, 9.17) is 5.14 Å². The van der Waals surface area contributed by atoms with Crippen LogP contribution in [-0.4, -0.2) is 38.3 Å². The molecule has 3 N–H and O–H groups in total. The molecule has 2 amide bonds. The van der Waals surface area contributed by atoms with Crippen molar-refractivity contribution in [2.45, 2.75) is 37.6 Å². The van der Waals surface area contributed by atoms with Crippen molar-refractivity contribution in [1.29, 1.82) is 0 Å². The average Bonchev–Trinajstić information content (AvgIpc) is 2.92. The summed E-state index contributed by atoms with van der Waals surface area (Å²) < 4.78 is 5.27. The Hall–Kier alpha value is -2.10. The molecule has 3 heterocycles. The van der Waals surface area contributed by atoms with Crippen LogP contribution in [0.3, 0.4) is 0 Å². The van der Waals surface area contributed by atoms with Crippen molar-refractivity contribution in [1.82, 2.24) is 18.8 Å². The van der Waals surface area contributed by atoms with Crippen LogP contribution in [0.1, 0.15) is 43.2 Å². The molecular formula is C18H23N5O3S. The maximum atomic E-state index is 12.8. The van der Waals surface area contributed by atoms with Crippen LogP contribution in [0.2, 0.25) is 0 Å². The Morgan fingerprint density at radius 3 is 2.52 bits per heavy atom. The summed E-state index contributed by atoms with van der Waals surface area (Å²) in [6, 6.07) is 5.41. The summed E-state index contributed by atoms with van der Waals surface area (Å²) in [4.78, 5) is 36.5. The minimum atomic E-state index is -0.644. The van der Waals surface area contributed by atoms with Crippen molar-refractivity contribution in [3.05, 3.63) is 34.2 Å². The summed E-state index contributed by atoms with van der Waals surface area (Å²) in [5.41, 5.74) is 2.53. The minimum Gasteiger partial charge on any atom is -0.295 e. The van der Waals surface area contributed by atoms with Crippen molar-refractivity contribution >= 4 is 35.0 Å². The molecule has 1 atom stereocenters. The van der Waals surface area contributed by atoms with Crippen LogP contribution in [0, 0.1) is 0 Å². The molecule has 2 fully saturated rings. The number of aryl methyl sites for hydroxylation is 1. The first-order chi connectivity index (χ1) is 13.0. The fraction of sp³-hybridized carbons (Fsp3) is 0.500. The van der Waals surface area contributed by atoms with E-state index in [1.807, 2.05) is 6.07 Å². The molecule has 8 nitrogen and oxygen atoms in total. The number of benzene rings is 1. The maximum Gasteiger partial charge on any atom is 0.329 e. The average molecular weight is 389 g/mol. The Bertz CT molecular complexity index is 958. The molecule has 0 saturated carbocycles. The molecule has 4 rings (SSSR count). The van der Waals surface area contributed by atoms with Crippen LogP contribution >= 0.6 is 12.1 Å². The summed E-state index contributed by atoms with van der Waals surface area (Å²) in [5.74, 6) is -0.253. The molecule has 2 aromatic rings. The highest BCUT2D eigenvalue weighted by Gasteiger charge is 2.31. The summed E-state index contributed by atoms with van der Waals surface area (Å²) >= 11 is 1.29. The first-order valence-electron chi connectivity index (χ1n) is 9.16. The van der Waals surface area contributed by atoms with Crippen molar-refractivity contribution in [3.63, 3.8) is 0 Å². The highest BCUT2D eigenvalue weighted by molar-refractivity contribution is 7.94. The van der Waals surface area contributed by atoms with Gasteiger partial charge in [0.15, 0.2) is 0 Å². The fourth-order valence-electron chi connectivity index (χ4n) is 4.16. The fourth-order valence-corrected chi connectivity index (χ4v) is 4.58. The van der Waals surface area contributed by atoms with E-state index < -0.39 is 11.9 Å². The predicted molar refractivity (Wildman–Crippen MR) is 104 cm³/mol. The van der Waals surface area contributed by atoms with Gasteiger partial charge in [-0.1, -0.05) is 6.07 Å². The van der Waals surface area contributed by atoms with Crippen LogP contribution in [0.25, 0.3) is 11.0 Å². The zero-order valence-electron chi connectivity index (χ0n) is 15.2. The molecule has 2 aliphatic rings. The lowest BCUT2D eigenvalue weighted by Crippen LogP contribution is -2.44. The summed E-state index contributed by atoms with van der Waals surface area (Å²) in [5, 5.41) is 7.98. The Labute approximate surface area is 160 Å². The standard InChI is InChI=1S/C18H23N5O3S/c1-21-15-10-12(11-6-8-22(27-19)9-7-11)2-3-13(15)23(18(21)26)14-4-5-16(24)20-17(14)25/h2-3,10-11,14H,4-9,19H2,1H3,(H,20,24,25). The SMILES string of the molecule is Cn1c(=O)n(C2CCC(=O)NC2=O)c2ccc(C3CCN(SN)CC3)cc21. The first kappa shape index (κ1) is 18.3. The summed E-state index contributed by atoms with van der Waals surface area (Å²) in [6.45, 7) is 1.89. The van der Waals surface area contributed by atoms with Gasteiger partial charge < -0.3 is 0 Å². The number of piperidine rings is 2. The van der Waals surface area contributed by atoms with Crippen molar-refractivity contribution in [3.8, 4) is 0 Å². The summed E-state index contributed by atoms with van der Waals surface area (Å²) in [7, 11) is 1.73. The number of aromatic nitrogens is 2. The van der Waals surface area contributed by atoms with Crippen LogP contribution in [0.4, 0.5) is 0 Å². The Morgan fingerprint density at radius 2 is 1.85 bits per heavy atom. The van der Waals surface area contributed by atoms with Gasteiger partial charge in [0.1, 0.15) is 6.04 Å². The van der Waals surface area contributed by atoms with Crippen molar-refractivity contribution in [2.75, 3.05) is 13.1 Å². The van der Waals surface area contributed by atoms with Gasteiger partial charge in [-0.25, -0.2) is 9.10 Å². The quantitative estimate of drug-likeness (QED) is 0.600. The molecule has 27 heavy (non-hydrogen) atoms. The van der Waals surface area contributed by atoms with Gasteiger partial charge in [-0.15, -0.1) is 0 Å². The Kier molecular flexibility index (Phi) is 4.83. The number of nitrogens with one attached hydrogen (secondary N) is 1. The van der Waals surface area contributed by atoms with E-state index in [0.29, 0.717) is 12.3 Å². The van der Waals surface area contributed by atoms with E-state index in [-0.39, 0.29) is 18.0 Å². The van der Waals surface area contributed by atoms with Gasteiger partial charge in [0, 0.05) is 38.7 Å². The number of nitrogens with zero attached hydrogens (tertiary/aromatic N) is 3. The van der Waals surface area contributed by atoms with Gasteiger partial charge in [-0.05, 0) is 42.9 Å². The molecular weight excluding hydrogens is 366 g/mol. The number of imide groups is 1. The number of carbonyl (C=O) groups is 2. The molecule has 1 aromatic carbocycles.